The number of anilines is 2. The second kappa shape index (κ2) is 23.1. The summed E-state index contributed by atoms with van der Waals surface area (Å²) in [6.45, 7) is 12.9. The Labute approximate surface area is 366 Å². The maximum atomic E-state index is 13.0. The molecule has 4 fully saturated rings. The number of carbonyl (C=O) groups is 4. The third-order valence-corrected chi connectivity index (χ3v) is 15.4. The summed E-state index contributed by atoms with van der Waals surface area (Å²) in [4.78, 5) is 63.2. The number of hydrogen-bond donors (Lipinski definition) is 4. The van der Waals surface area contributed by atoms with Gasteiger partial charge in [0.2, 0.25) is 0 Å². The number of amides is 2. The molecule has 2 aliphatic heterocycles. The lowest BCUT2D eigenvalue weighted by atomic mass is 9.70. The van der Waals surface area contributed by atoms with Crippen LogP contribution in [0.1, 0.15) is 152 Å². The van der Waals surface area contributed by atoms with Gasteiger partial charge in [-0.15, -0.1) is 23.5 Å². The first-order valence-corrected chi connectivity index (χ1v) is 24.7. The normalized spacial score (nSPS) is 21.2. The van der Waals surface area contributed by atoms with Gasteiger partial charge in [0.1, 0.15) is 21.7 Å². The quantitative estimate of drug-likeness (QED) is 0.126. The molecule has 2 atom stereocenters. The van der Waals surface area contributed by atoms with Crippen molar-refractivity contribution >= 4 is 58.9 Å². The van der Waals surface area contributed by atoms with E-state index >= 15 is 0 Å². The second-order valence-electron chi connectivity index (χ2n) is 17.6. The zero-order valence-corrected chi connectivity index (χ0v) is 38.3. The van der Waals surface area contributed by atoms with Crippen molar-refractivity contribution in [3.8, 4) is 0 Å². The molecule has 2 aromatic heterocycles. The van der Waals surface area contributed by atoms with Gasteiger partial charge in [-0.05, 0) is 105 Å². The van der Waals surface area contributed by atoms with Crippen molar-refractivity contribution in [1.82, 2.24) is 20.6 Å². The number of aromatic nitrogens is 2. The Morgan fingerprint density at radius 2 is 1.18 bits per heavy atom. The Balaban J connectivity index is 0.000000228. The molecular formula is C46H70N6O6S2. The van der Waals surface area contributed by atoms with Gasteiger partial charge in [-0.25, -0.2) is 9.97 Å². The highest BCUT2D eigenvalue weighted by molar-refractivity contribution is 7.99. The van der Waals surface area contributed by atoms with E-state index in [2.05, 4.69) is 34.3 Å². The number of pyridine rings is 2. The lowest BCUT2D eigenvalue weighted by Gasteiger charge is -2.42. The minimum atomic E-state index is -0.709. The van der Waals surface area contributed by atoms with E-state index in [0.717, 1.165) is 71.7 Å². The zero-order chi connectivity index (χ0) is 43.2. The van der Waals surface area contributed by atoms with Gasteiger partial charge >= 0.3 is 11.9 Å². The lowest BCUT2D eigenvalue weighted by Crippen LogP contribution is -2.47. The van der Waals surface area contributed by atoms with Crippen LogP contribution in [0, 0.1) is 23.2 Å². The summed E-state index contributed by atoms with van der Waals surface area (Å²) in [5, 5.41) is 27.2. The second-order valence-corrected chi connectivity index (χ2v) is 19.8. The molecule has 2 aromatic rings. The van der Waals surface area contributed by atoms with Gasteiger partial charge in [-0.2, -0.15) is 0 Å². The van der Waals surface area contributed by atoms with E-state index in [1.165, 1.54) is 38.5 Å². The van der Waals surface area contributed by atoms with Gasteiger partial charge < -0.3 is 30.6 Å². The number of piperidine rings is 2. The summed E-state index contributed by atoms with van der Waals surface area (Å²) >= 11 is 3.26. The number of hydrogen-bond acceptors (Lipinski definition) is 10. The molecule has 12 nitrogen and oxygen atoms in total. The first kappa shape index (κ1) is 47.5. The molecule has 2 unspecified atom stereocenters. The van der Waals surface area contributed by atoms with Crippen molar-refractivity contribution in [2.24, 2.45) is 23.2 Å². The number of nitrogens with one attached hydrogen (secondary N) is 2. The first-order chi connectivity index (χ1) is 28.9. The standard InChI is InChI=1S/C24H37N3O3S.C22H33N3O3S/c1-4-16-31-22-19(21(28)25-18-8-6-5-7-9-18)10-11-20(26-22)27-14-12-24(13-15-27,17(2)3)23(29)30;1-3-13-29-21-18(20(26)23-16-7-5-4-6-8-16)9-10-19(24-21)25-12-11-17(22(27)28)15(2)14-25/h10-11,17-18H,4-9,12-16H2,1-3H3,(H,25,28)(H,29,30);9-10,15-17H,3-8,11-14H2,1-2H3,(H,23,26)(H,27,28). The maximum Gasteiger partial charge on any atom is 0.310 e. The summed E-state index contributed by atoms with van der Waals surface area (Å²) in [6.07, 6.45) is 15.4. The van der Waals surface area contributed by atoms with Gasteiger partial charge in [-0.1, -0.05) is 73.1 Å². The van der Waals surface area contributed by atoms with Crippen LogP contribution in [-0.4, -0.2) is 93.7 Å². The number of carboxylic acid groups (broad SMARTS) is 2. The predicted octanol–water partition coefficient (Wildman–Crippen LogP) is 9.17. The Morgan fingerprint density at radius 3 is 1.58 bits per heavy atom. The summed E-state index contributed by atoms with van der Waals surface area (Å²) in [7, 11) is 0. The first-order valence-electron chi connectivity index (χ1n) is 22.7. The number of carbonyl (C=O) groups excluding carboxylic acids is 2. The average Bonchev–Trinajstić information content (AvgIpc) is 3.25. The monoisotopic (exact) mass is 866 g/mol. The van der Waals surface area contributed by atoms with Crippen LogP contribution in [0.25, 0.3) is 0 Å². The fraction of sp³-hybridized carbons (Fsp3) is 0.696. The smallest absolute Gasteiger partial charge is 0.310 e. The molecule has 332 valence electrons. The minimum Gasteiger partial charge on any atom is -0.481 e. The molecule has 2 saturated carbocycles. The van der Waals surface area contributed by atoms with Gasteiger partial charge in [0.25, 0.3) is 11.8 Å². The van der Waals surface area contributed by atoms with Gasteiger partial charge in [0.15, 0.2) is 0 Å². The number of aliphatic carboxylic acids is 2. The summed E-state index contributed by atoms with van der Waals surface area (Å²) < 4.78 is 0. The van der Waals surface area contributed by atoms with E-state index in [4.69, 9.17) is 9.97 Å². The highest BCUT2D eigenvalue weighted by Gasteiger charge is 2.44. The topological polar surface area (TPSA) is 165 Å². The number of carboxylic acids is 2. The van der Waals surface area contributed by atoms with E-state index in [0.29, 0.717) is 56.6 Å². The van der Waals surface area contributed by atoms with Crippen LogP contribution in [0.2, 0.25) is 0 Å². The van der Waals surface area contributed by atoms with Crippen LogP contribution in [0.15, 0.2) is 34.3 Å². The molecule has 4 aliphatic rings. The molecule has 60 heavy (non-hydrogen) atoms. The molecule has 2 aliphatic carbocycles. The van der Waals surface area contributed by atoms with Crippen LogP contribution in [-0.2, 0) is 9.59 Å². The van der Waals surface area contributed by atoms with Crippen LogP contribution in [0.5, 0.6) is 0 Å². The van der Waals surface area contributed by atoms with Crippen LogP contribution < -0.4 is 20.4 Å². The summed E-state index contributed by atoms with van der Waals surface area (Å²) in [6, 6.07) is 8.18. The summed E-state index contributed by atoms with van der Waals surface area (Å²) in [5.74, 6) is 1.95. The molecule has 0 radical (unpaired) electrons. The Kier molecular flexibility index (Phi) is 18.3. The van der Waals surface area contributed by atoms with E-state index in [1.807, 2.05) is 45.0 Å². The van der Waals surface area contributed by atoms with Crippen LogP contribution in [0.4, 0.5) is 11.6 Å². The third-order valence-electron chi connectivity index (χ3n) is 13.0. The summed E-state index contributed by atoms with van der Waals surface area (Å²) in [5.41, 5.74) is 0.661. The maximum absolute atomic E-state index is 13.0. The molecule has 0 spiro atoms. The molecular weight excluding hydrogens is 797 g/mol. The predicted molar refractivity (Wildman–Crippen MR) is 243 cm³/mol. The number of thioether (sulfide) groups is 2. The van der Waals surface area contributed by atoms with Crippen LogP contribution in [0.3, 0.4) is 0 Å². The average molecular weight is 867 g/mol. The van der Waals surface area contributed by atoms with Gasteiger partial charge in [-0.3, -0.25) is 19.2 Å². The van der Waals surface area contributed by atoms with Gasteiger partial charge in [0, 0.05) is 38.3 Å². The van der Waals surface area contributed by atoms with E-state index in [1.54, 1.807) is 23.5 Å². The van der Waals surface area contributed by atoms with Gasteiger partial charge in [0.05, 0.1) is 22.5 Å². The fourth-order valence-electron chi connectivity index (χ4n) is 9.09. The van der Waals surface area contributed by atoms with Crippen molar-refractivity contribution in [1.29, 1.82) is 0 Å². The Bertz CT molecular complexity index is 1740. The molecule has 0 bridgehead atoms. The molecule has 0 aromatic carbocycles. The van der Waals surface area contributed by atoms with E-state index in [9.17, 15) is 29.4 Å². The van der Waals surface area contributed by atoms with Crippen molar-refractivity contribution < 1.29 is 29.4 Å². The lowest BCUT2D eigenvalue weighted by molar-refractivity contribution is -0.153. The zero-order valence-electron chi connectivity index (χ0n) is 36.7. The highest BCUT2D eigenvalue weighted by Crippen LogP contribution is 2.40. The SMILES string of the molecule is CCCSc1nc(N2CCC(C(=O)O)(C(C)C)CC2)ccc1C(=O)NC1CCCCC1.CCCSc1nc(N2CCC(C(=O)O)C(C)C2)ccc1C(=O)NC1CCCCC1. The van der Waals surface area contributed by atoms with E-state index < -0.39 is 17.4 Å². The number of rotatable bonds is 15. The van der Waals surface area contributed by atoms with Crippen molar-refractivity contribution in [2.45, 2.75) is 153 Å². The largest absolute Gasteiger partial charge is 0.481 e. The molecule has 6 rings (SSSR count). The van der Waals surface area contributed by atoms with Crippen molar-refractivity contribution in [2.75, 3.05) is 47.5 Å². The minimum absolute atomic E-state index is 0.0205. The Hall–Kier alpha value is -3.52. The van der Waals surface area contributed by atoms with Crippen molar-refractivity contribution in [3.63, 3.8) is 0 Å². The highest BCUT2D eigenvalue weighted by atomic mass is 32.2. The third kappa shape index (κ3) is 12.5. The molecule has 4 heterocycles. The molecule has 14 heteroatoms. The Morgan fingerprint density at radius 1 is 0.717 bits per heavy atom. The van der Waals surface area contributed by atoms with Crippen LogP contribution >= 0.6 is 23.5 Å². The van der Waals surface area contributed by atoms with Crippen molar-refractivity contribution in [3.05, 3.63) is 35.4 Å². The van der Waals surface area contributed by atoms with E-state index in [-0.39, 0.29) is 41.7 Å². The fourth-order valence-corrected chi connectivity index (χ4v) is 10.8. The molecule has 4 N–H and O–H groups in total. The number of nitrogens with zero attached hydrogens (tertiary/aromatic N) is 4. The molecule has 2 amide bonds. The molecule has 2 saturated heterocycles.